The maximum atomic E-state index is 16.3. The second-order valence-electron chi connectivity index (χ2n) is 16.1. The molecular formula is C43H36ClF6N9O6S. The van der Waals surface area contributed by atoms with E-state index < -0.39 is 98.5 Å². The number of carbonyl (C=O) groups excluding carboxylic acids is 1. The van der Waals surface area contributed by atoms with Crippen LogP contribution >= 0.6 is 11.6 Å². The Morgan fingerprint density at radius 3 is 2.30 bits per heavy atom. The number of carbonyl (C=O) groups is 1. The van der Waals surface area contributed by atoms with Gasteiger partial charge in [0, 0.05) is 30.7 Å². The maximum Gasteiger partial charge on any atom is 0.293 e. The van der Waals surface area contributed by atoms with Crippen LogP contribution in [-0.4, -0.2) is 68.9 Å². The molecule has 4 atom stereocenters. The van der Waals surface area contributed by atoms with Crippen molar-refractivity contribution in [3.05, 3.63) is 128 Å². The molecule has 1 fully saturated rings. The lowest BCUT2D eigenvalue weighted by Crippen LogP contribution is -2.39. The van der Waals surface area contributed by atoms with Crippen molar-refractivity contribution >= 4 is 55.3 Å². The van der Waals surface area contributed by atoms with Gasteiger partial charge in [-0.2, -0.15) is 24.0 Å². The van der Waals surface area contributed by atoms with Crippen LogP contribution in [0.3, 0.4) is 0 Å². The van der Waals surface area contributed by atoms with Crippen molar-refractivity contribution < 1.29 is 49.0 Å². The predicted octanol–water partition coefficient (Wildman–Crippen LogP) is 6.98. The summed E-state index contributed by atoms with van der Waals surface area (Å²) in [6.07, 6.45) is -3.23. The van der Waals surface area contributed by atoms with Crippen LogP contribution in [0.1, 0.15) is 64.6 Å². The third-order valence-corrected chi connectivity index (χ3v) is 13.4. The first kappa shape index (κ1) is 44.5. The Balaban J connectivity index is 1.35. The van der Waals surface area contributed by atoms with Crippen molar-refractivity contribution in [1.29, 1.82) is 0 Å². The van der Waals surface area contributed by atoms with E-state index in [0.29, 0.717) is 22.1 Å². The fourth-order valence-electron chi connectivity index (χ4n) is 9.03. The van der Waals surface area contributed by atoms with Crippen LogP contribution in [0, 0.1) is 17.6 Å². The Kier molecular flexibility index (Phi) is 10.8. The summed E-state index contributed by atoms with van der Waals surface area (Å²) in [6.45, 7) is -0.251. The van der Waals surface area contributed by atoms with Crippen molar-refractivity contribution in [2.45, 2.75) is 49.6 Å². The molecule has 7 aromatic rings. The van der Waals surface area contributed by atoms with Crippen LogP contribution in [-0.2, 0) is 40.8 Å². The third kappa shape index (κ3) is 7.35. The second kappa shape index (κ2) is 16.0. The Hall–Kier alpha value is -6.68. The number of amides is 1. The number of hydrogen-bond acceptors (Lipinski definition) is 10. The minimum absolute atomic E-state index is 0.00180. The number of rotatable bonds is 14. The number of sulfonamides is 1. The monoisotopic (exact) mass is 955 g/mol. The molecule has 2 N–H and O–H groups in total. The molecule has 0 radical (unpaired) electrons. The first-order chi connectivity index (χ1) is 31.2. The number of nitrogens with two attached hydrogens (primary N) is 1. The summed E-state index contributed by atoms with van der Waals surface area (Å²) in [5, 5.41) is 8.28. The summed E-state index contributed by atoms with van der Waals surface area (Å²) in [4.78, 5) is 38.3. The van der Waals surface area contributed by atoms with Crippen LogP contribution < -0.4 is 25.1 Å². The van der Waals surface area contributed by atoms with E-state index in [0.717, 1.165) is 27.3 Å². The van der Waals surface area contributed by atoms with Crippen molar-refractivity contribution in [3.63, 3.8) is 0 Å². The summed E-state index contributed by atoms with van der Waals surface area (Å²) in [7, 11) is 0.0248. The first-order valence-electron chi connectivity index (χ1n) is 20.0. The van der Waals surface area contributed by atoms with Gasteiger partial charge in [-0.15, -0.1) is 0 Å². The highest BCUT2D eigenvalue weighted by molar-refractivity contribution is 7.92. The summed E-state index contributed by atoms with van der Waals surface area (Å²) in [5.74, 6) is -11.8. The van der Waals surface area contributed by atoms with Crippen LogP contribution in [0.15, 0.2) is 71.5 Å². The number of pyridine rings is 1. The number of hydrogen-bond donors (Lipinski definition) is 1. The third-order valence-electron chi connectivity index (χ3n) is 12.0. The number of nitrogens with zero attached hydrogens (tertiary/aromatic N) is 8. The molecule has 344 valence electrons. The minimum atomic E-state index is -4.15. The molecule has 9 rings (SSSR count). The van der Waals surface area contributed by atoms with Gasteiger partial charge in [-0.3, -0.25) is 18.8 Å². The molecule has 2 aliphatic rings. The lowest BCUT2D eigenvalue weighted by atomic mass is 9.89. The summed E-state index contributed by atoms with van der Waals surface area (Å²) >= 11 is 6.88. The van der Waals surface area contributed by atoms with E-state index in [1.54, 1.807) is 24.3 Å². The average Bonchev–Trinajstić information content (AvgIpc) is 3.77. The van der Waals surface area contributed by atoms with Gasteiger partial charge >= 0.3 is 0 Å². The highest BCUT2D eigenvalue weighted by Crippen LogP contribution is 2.68. The number of methoxy groups -OCH3 is 2. The topological polar surface area (TPSA) is 182 Å². The molecule has 23 heteroatoms. The lowest BCUT2D eigenvalue weighted by molar-refractivity contribution is -0.122. The number of primary amides is 1. The second-order valence-corrected chi connectivity index (χ2v) is 18.4. The molecule has 4 heterocycles. The SMILES string of the molecule is COc1ccc(CN(c2nn(C)c3c(-n4c([C@@H](Cc5cc(F)cc(F)c5)C(C(N)=O)n5nc(C(F)F)c6c5C(F)(F)[C@@H]5C[C@H]65)nc5nc(OC)ccc5c4=O)ccc(Cl)c23)S(C)(=O)=O)cc1. The van der Waals surface area contributed by atoms with Crippen LogP contribution in [0.2, 0.25) is 5.02 Å². The molecule has 1 unspecified atom stereocenters. The van der Waals surface area contributed by atoms with Crippen LogP contribution in [0.25, 0.3) is 27.6 Å². The molecule has 0 spiro atoms. The van der Waals surface area contributed by atoms with Gasteiger partial charge < -0.3 is 15.2 Å². The standard InChI is InChI=1S/C43H36ClF6N9O6S/c1-56-35-29(11-10-28(44)32(35)41(55-56)57(66(4,62)63)18-19-5-7-23(64-2)8-6-19)58-40(53-39-24(42(58)61)9-12-30(52-39)65-3)26(15-20-13-21(45)16-22(46)14-20)34(38(51)60)59-36-31(33(54-59)37(47)48)25-17-27(25)43(36,49)50/h5-14,16,25-27,34,37H,15,17-18H2,1-4H3,(H2,51,60)/t25-,26-,27+,34?/m0/s1. The van der Waals surface area contributed by atoms with E-state index in [-0.39, 0.29) is 62.9 Å². The minimum Gasteiger partial charge on any atom is -0.497 e. The molecule has 3 aromatic carbocycles. The molecule has 2 aliphatic carbocycles. The summed E-state index contributed by atoms with van der Waals surface area (Å²) < 4.78 is 133. The zero-order valence-corrected chi connectivity index (χ0v) is 36.6. The fraction of sp³-hybridized carbons (Fsp3) is 0.302. The number of alkyl halides is 4. The first-order valence-corrected chi connectivity index (χ1v) is 22.2. The van der Waals surface area contributed by atoms with Crippen molar-refractivity contribution in [3.8, 4) is 17.3 Å². The molecular weight excluding hydrogens is 920 g/mol. The van der Waals surface area contributed by atoms with Crippen molar-refractivity contribution in [2.24, 2.45) is 18.7 Å². The van der Waals surface area contributed by atoms with Gasteiger partial charge in [0.25, 0.3) is 17.9 Å². The number of aromatic nitrogens is 7. The molecule has 0 bridgehead atoms. The molecule has 0 aliphatic heterocycles. The molecule has 1 amide bonds. The number of halogens is 7. The molecule has 66 heavy (non-hydrogen) atoms. The average molecular weight is 956 g/mol. The van der Waals surface area contributed by atoms with Gasteiger partial charge in [0.15, 0.2) is 11.5 Å². The van der Waals surface area contributed by atoms with E-state index in [9.17, 15) is 30.8 Å². The van der Waals surface area contributed by atoms with E-state index in [1.807, 2.05) is 0 Å². The maximum absolute atomic E-state index is 16.3. The Morgan fingerprint density at radius 2 is 1.68 bits per heavy atom. The van der Waals surface area contributed by atoms with Gasteiger partial charge in [0.2, 0.25) is 21.8 Å². The molecule has 0 saturated heterocycles. The Bertz CT molecular complexity index is 3290. The fourth-order valence-corrected chi connectivity index (χ4v) is 10.1. The van der Waals surface area contributed by atoms with Gasteiger partial charge in [0.05, 0.1) is 59.9 Å². The highest BCUT2D eigenvalue weighted by atomic mass is 35.5. The summed E-state index contributed by atoms with van der Waals surface area (Å²) in [5.41, 5.74) is 2.62. The largest absolute Gasteiger partial charge is 0.497 e. The van der Waals surface area contributed by atoms with Gasteiger partial charge in [-0.05, 0) is 72.4 Å². The molecule has 4 aromatic heterocycles. The zero-order chi connectivity index (χ0) is 47.3. The smallest absolute Gasteiger partial charge is 0.293 e. The number of anilines is 1. The van der Waals surface area contributed by atoms with Crippen molar-refractivity contribution in [1.82, 2.24) is 34.1 Å². The van der Waals surface area contributed by atoms with Gasteiger partial charge in [-0.25, -0.2) is 40.0 Å². The number of fused-ring (bicyclic) bond motifs is 5. The predicted molar refractivity (Wildman–Crippen MR) is 228 cm³/mol. The number of aryl methyl sites for hydroxylation is 1. The van der Waals surface area contributed by atoms with Crippen LogP contribution in [0.4, 0.5) is 32.2 Å². The van der Waals surface area contributed by atoms with E-state index in [1.165, 1.54) is 50.2 Å². The molecule has 1 saturated carbocycles. The summed E-state index contributed by atoms with van der Waals surface area (Å²) in [6, 6.07) is 12.0. The quantitative estimate of drug-likeness (QED) is 0.112. The zero-order valence-electron chi connectivity index (χ0n) is 35.0. The Morgan fingerprint density at radius 1 is 0.985 bits per heavy atom. The number of benzene rings is 3. The van der Waals surface area contributed by atoms with E-state index in [2.05, 4.69) is 15.2 Å². The normalized spacial score (nSPS) is 17.2. The van der Waals surface area contributed by atoms with Crippen molar-refractivity contribution in [2.75, 3.05) is 24.8 Å². The van der Waals surface area contributed by atoms with E-state index in [4.69, 9.17) is 31.8 Å². The van der Waals surface area contributed by atoms with Gasteiger partial charge in [-0.1, -0.05) is 23.7 Å². The van der Waals surface area contributed by atoms with E-state index >= 15 is 13.6 Å². The van der Waals surface area contributed by atoms with Gasteiger partial charge in [0.1, 0.15) is 40.6 Å². The number of ether oxygens (including phenoxy) is 2. The Labute approximate surface area is 375 Å². The highest BCUT2D eigenvalue weighted by Gasteiger charge is 2.68. The lowest BCUT2D eigenvalue weighted by Gasteiger charge is -2.30. The molecule has 15 nitrogen and oxygen atoms in total. The van der Waals surface area contributed by atoms with Crippen LogP contribution in [0.5, 0.6) is 11.6 Å².